The van der Waals surface area contributed by atoms with Crippen LogP contribution in [0.1, 0.15) is 54.1 Å². The van der Waals surface area contributed by atoms with Gasteiger partial charge >= 0.3 is 5.97 Å². The zero-order valence-electron chi connectivity index (χ0n) is 18.1. The summed E-state index contributed by atoms with van der Waals surface area (Å²) in [5, 5.41) is 21.7. The number of hydrogen-bond acceptors (Lipinski definition) is 4. The average Bonchev–Trinajstić information content (AvgIpc) is 3.20. The smallest absolute Gasteiger partial charge is 0.344 e. The number of ether oxygens (including phenoxy) is 1. The molecule has 0 heterocycles. The van der Waals surface area contributed by atoms with Crippen LogP contribution in [-0.2, 0) is 17.6 Å². The van der Waals surface area contributed by atoms with Crippen LogP contribution < -0.4 is 4.74 Å². The monoisotopic (exact) mass is 422 g/mol. The Balaban J connectivity index is 1.68. The standard InChI is InChI=1S/C26H30O5/c1-25(26(30,24(28)29)23(27)17-7-4-3-5-8-17)14-6-9-22(25)20-11-10-19-16-21(31-2)13-12-18(19)15-20/h3-5,7-8,12-13,16,20,22,30H,6,9-11,14-15H2,1-2H3,(H,28,29)/t20?,22?,25?,26-/m0/s1. The number of ketones is 1. The third-order valence-corrected chi connectivity index (χ3v) is 7.78. The minimum atomic E-state index is -2.45. The molecular formula is C26H30O5. The van der Waals surface area contributed by atoms with Gasteiger partial charge in [-0.05, 0) is 67.2 Å². The molecule has 0 aliphatic heterocycles. The molecule has 0 amide bonds. The topological polar surface area (TPSA) is 83.8 Å². The number of aryl methyl sites for hydroxylation is 1. The molecule has 2 N–H and O–H groups in total. The van der Waals surface area contributed by atoms with Gasteiger partial charge in [0.25, 0.3) is 0 Å². The Morgan fingerprint density at radius 3 is 2.52 bits per heavy atom. The van der Waals surface area contributed by atoms with Crippen LogP contribution >= 0.6 is 0 Å². The van der Waals surface area contributed by atoms with Crippen molar-refractivity contribution in [1.82, 2.24) is 0 Å². The van der Waals surface area contributed by atoms with E-state index in [1.54, 1.807) is 37.4 Å². The van der Waals surface area contributed by atoms with E-state index in [1.165, 1.54) is 11.1 Å². The van der Waals surface area contributed by atoms with Gasteiger partial charge in [-0.2, -0.15) is 0 Å². The van der Waals surface area contributed by atoms with Crippen molar-refractivity contribution in [3.05, 3.63) is 65.2 Å². The number of fused-ring (bicyclic) bond motifs is 1. The molecule has 4 atom stereocenters. The van der Waals surface area contributed by atoms with Crippen molar-refractivity contribution in [1.29, 1.82) is 0 Å². The van der Waals surface area contributed by atoms with Gasteiger partial charge < -0.3 is 14.9 Å². The minimum absolute atomic E-state index is 0.0449. The lowest BCUT2D eigenvalue weighted by molar-refractivity contribution is -0.170. The largest absolute Gasteiger partial charge is 0.497 e. The van der Waals surface area contributed by atoms with Crippen molar-refractivity contribution in [2.24, 2.45) is 17.3 Å². The number of carbonyl (C=O) groups is 2. The number of Topliss-reactive ketones (excluding diaryl/α,β-unsaturated/α-hetero) is 1. The summed E-state index contributed by atoms with van der Waals surface area (Å²) in [6.07, 6.45) is 4.78. The molecule has 1 saturated carbocycles. The molecule has 0 saturated heterocycles. The zero-order valence-corrected chi connectivity index (χ0v) is 18.1. The Morgan fingerprint density at radius 1 is 1.10 bits per heavy atom. The molecule has 0 bridgehead atoms. The van der Waals surface area contributed by atoms with Crippen molar-refractivity contribution in [2.45, 2.75) is 51.0 Å². The fraction of sp³-hybridized carbons (Fsp3) is 0.462. The molecule has 31 heavy (non-hydrogen) atoms. The molecule has 164 valence electrons. The molecule has 2 aliphatic carbocycles. The Bertz CT molecular complexity index is 985. The molecule has 0 spiro atoms. The second kappa shape index (κ2) is 8.12. The van der Waals surface area contributed by atoms with E-state index in [9.17, 15) is 19.8 Å². The lowest BCUT2D eigenvalue weighted by Gasteiger charge is -2.46. The lowest BCUT2D eigenvalue weighted by Crippen LogP contribution is -2.61. The second-order valence-corrected chi connectivity index (χ2v) is 9.26. The third kappa shape index (κ3) is 3.45. The Kier molecular flexibility index (Phi) is 5.65. The van der Waals surface area contributed by atoms with Gasteiger partial charge in [0, 0.05) is 11.0 Å². The van der Waals surface area contributed by atoms with Gasteiger partial charge in [-0.15, -0.1) is 0 Å². The molecule has 0 aromatic heterocycles. The first-order chi connectivity index (χ1) is 14.8. The molecule has 2 aliphatic rings. The normalized spacial score (nSPS) is 27.2. The average molecular weight is 423 g/mol. The van der Waals surface area contributed by atoms with Crippen LogP contribution in [0, 0.1) is 17.3 Å². The summed E-state index contributed by atoms with van der Waals surface area (Å²) in [5.41, 5.74) is -0.722. The molecule has 1 fully saturated rings. The summed E-state index contributed by atoms with van der Waals surface area (Å²) in [4.78, 5) is 25.8. The lowest BCUT2D eigenvalue weighted by atomic mass is 9.58. The van der Waals surface area contributed by atoms with Crippen molar-refractivity contribution >= 4 is 11.8 Å². The van der Waals surface area contributed by atoms with E-state index in [0.717, 1.165) is 37.9 Å². The van der Waals surface area contributed by atoms with Gasteiger partial charge in [-0.3, -0.25) is 4.79 Å². The maximum Gasteiger partial charge on any atom is 0.344 e. The highest BCUT2D eigenvalue weighted by Crippen LogP contribution is 2.56. The summed E-state index contributed by atoms with van der Waals surface area (Å²) in [5.74, 6) is -1.14. The van der Waals surface area contributed by atoms with E-state index in [4.69, 9.17) is 4.74 Å². The van der Waals surface area contributed by atoms with Gasteiger partial charge in [0.15, 0.2) is 0 Å². The second-order valence-electron chi connectivity index (χ2n) is 9.26. The van der Waals surface area contributed by atoms with Crippen LogP contribution in [0.4, 0.5) is 0 Å². The summed E-state index contributed by atoms with van der Waals surface area (Å²) in [7, 11) is 1.66. The predicted octanol–water partition coefficient (Wildman–Crippen LogP) is 4.31. The number of carboxylic acid groups (broad SMARTS) is 1. The van der Waals surface area contributed by atoms with Gasteiger partial charge in [0.1, 0.15) is 5.75 Å². The first-order valence-corrected chi connectivity index (χ1v) is 11.0. The third-order valence-electron chi connectivity index (χ3n) is 7.78. The summed E-state index contributed by atoms with van der Waals surface area (Å²) in [6, 6.07) is 14.4. The van der Waals surface area contributed by atoms with Crippen molar-refractivity contribution in [2.75, 3.05) is 7.11 Å². The van der Waals surface area contributed by atoms with Crippen LogP contribution in [0.3, 0.4) is 0 Å². The van der Waals surface area contributed by atoms with Gasteiger partial charge in [-0.1, -0.05) is 49.7 Å². The van der Waals surface area contributed by atoms with Crippen LogP contribution in [0.15, 0.2) is 48.5 Å². The summed E-state index contributed by atoms with van der Waals surface area (Å²) >= 11 is 0. The molecule has 0 radical (unpaired) electrons. The number of carbonyl (C=O) groups excluding carboxylic acids is 1. The van der Waals surface area contributed by atoms with Crippen LogP contribution in [0.25, 0.3) is 0 Å². The fourth-order valence-corrected chi connectivity index (χ4v) is 6.03. The molecule has 2 aromatic carbocycles. The van der Waals surface area contributed by atoms with Gasteiger partial charge in [0.2, 0.25) is 11.4 Å². The summed E-state index contributed by atoms with van der Waals surface area (Å²) in [6.45, 7) is 1.81. The molecule has 5 heteroatoms. The van der Waals surface area contributed by atoms with Crippen LogP contribution in [0.5, 0.6) is 5.75 Å². The van der Waals surface area contributed by atoms with Crippen molar-refractivity contribution in [3.8, 4) is 5.75 Å². The number of hydrogen-bond donors (Lipinski definition) is 2. The van der Waals surface area contributed by atoms with Gasteiger partial charge in [-0.25, -0.2) is 4.79 Å². The van der Waals surface area contributed by atoms with Gasteiger partial charge in [0.05, 0.1) is 7.11 Å². The molecule has 3 unspecified atom stereocenters. The number of carboxylic acids is 1. The highest BCUT2D eigenvalue weighted by molar-refractivity contribution is 6.15. The maximum absolute atomic E-state index is 13.4. The molecule has 2 aromatic rings. The van der Waals surface area contributed by atoms with E-state index in [-0.39, 0.29) is 17.4 Å². The van der Waals surface area contributed by atoms with Crippen LogP contribution in [-0.4, -0.2) is 34.7 Å². The van der Waals surface area contributed by atoms with E-state index < -0.39 is 22.8 Å². The number of aliphatic hydroxyl groups is 1. The summed E-state index contributed by atoms with van der Waals surface area (Å²) < 4.78 is 5.34. The maximum atomic E-state index is 13.4. The first-order valence-electron chi connectivity index (χ1n) is 11.0. The highest BCUT2D eigenvalue weighted by atomic mass is 16.5. The first kappa shape index (κ1) is 21.6. The number of rotatable bonds is 6. The molecule has 5 nitrogen and oxygen atoms in total. The van der Waals surface area contributed by atoms with Crippen molar-refractivity contribution < 1.29 is 24.5 Å². The van der Waals surface area contributed by atoms with Crippen molar-refractivity contribution in [3.63, 3.8) is 0 Å². The number of benzene rings is 2. The van der Waals surface area contributed by atoms with E-state index >= 15 is 0 Å². The van der Waals surface area contributed by atoms with Crippen LogP contribution in [0.2, 0.25) is 0 Å². The fourth-order valence-electron chi connectivity index (χ4n) is 6.03. The Hall–Kier alpha value is -2.66. The van der Waals surface area contributed by atoms with E-state index in [2.05, 4.69) is 12.1 Å². The quantitative estimate of drug-likeness (QED) is 0.535. The van der Waals surface area contributed by atoms with E-state index in [0.29, 0.717) is 6.42 Å². The molecular weight excluding hydrogens is 392 g/mol. The Labute approximate surface area is 183 Å². The minimum Gasteiger partial charge on any atom is -0.497 e. The zero-order chi connectivity index (χ0) is 22.2. The van der Waals surface area contributed by atoms with E-state index in [1.807, 2.05) is 13.0 Å². The SMILES string of the molecule is COc1ccc2c(c1)CCC(C1CCCC1(C)[C@@](O)(C(=O)O)C(=O)c1ccccc1)C2. The Morgan fingerprint density at radius 2 is 1.84 bits per heavy atom. The highest BCUT2D eigenvalue weighted by Gasteiger charge is 2.64. The number of aliphatic carboxylic acids is 1. The molecule has 4 rings (SSSR count). The predicted molar refractivity (Wildman–Crippen MR) is 117 cm³/mol. The number of methoxy groups -OCH3 is 1.